The average Bonchev–Trinajstić information content (AvgIpc) is 2.05. The maximum atomic E-state index is 9.05. The highest BCUT2D eigenvalue weighted by Gasteiger charge is 2.01. The Hall–Kier alpha value is -0.160. The van der Waals surface area contributed by atoms with E-state index in [4.69, 9.17) is 19.7 Å². The van der Waals surface area contributed by atoms with Crippen LogP contribution >= 0.6 is 0 Å². The molecule has 12 heavy (non-hydrogen) atoms. The van der Waals surface area contributed by atoms with E-state index in [1.165, 1.54) is 0 Å². The van der Waals surface area contributed by atoms with Gasteiger partial charge in [-0.25, -0.2) is 0 Å². The number of ether oxygens (including phenoxy) is 2. The third-order valence-corrected chi connectivity index (χ3v) is 1.31. The molecule has 2 N–H and O–H groups in total. The summed E-state index contributed by atoms with van der Waals surface area (Å²) in [5.74, 6) is 0. The number of hydrogen-bond acceptors (Lipinski definition) is 4. The fourth-order valence-electron chi connectivity index (χ4n) is 0.729. The minimum atomic E-state index is -0.718. The summed E-state index contributed by atoms with van der Waals surface area (Å²) in [6.07, 6.45) is 0.411. The minimum absolute atomic E-state index is 0.147. The fourth-order valence-corrected chi connectivity index (χ4v) is 0.729. The minimum Gasteiger partial charge on any atom is -0.396 e. The highest BCUT2D eigenvalue weighted by molar-refractivity contribution is 4.40. The maximum Gasteiger partial charge on any atom is 0.156 e. The third kappa shape index (κ3) is 7.94. The van der Waals surface area contributed by atoms with E-state index in [-0.39, 0.29) is 6.61 Å². The van der Waals surface area contributed by atoms with Crippen molar-refractivity contribution in [2.24, 2.45) is 0 Å². The van der Waals surface area contributed by atoms with Crippen LogP contribution in [-0.2, 0) is 9.47 Å². The number of aliphatic hydroxyl groups excluding tert-OH is 2. The molecule has 1 unspecified atom stereocenters. The van der Waals surface area contributed by atoms with Crippen molar-refractivity contribution in [1.82, 2.24) is 0 Å². The first-order chi connectivity index (χ1) is 5.81. The van der Waals surface area contributed by atoms with E-state index in [0.29, 0.717) is 32.7 Å². The summed E-state index contributed by atoms with van der Waals surface area (Å²) in [6, 6.07) is 0. The fraction of sp³-hybridized carbons (Fsp3) is 1.00. The van der Waals surface area contributed by atoms with Crippen LogP contribution in [0.15, 0.2) is 0 Å². The summed E-state index contributed by atoms with van der Waals surface area (Å²) >= 11 is 0. The van der Waals surface area contributed by atoms with Crippen molar-refractivity contribution >= 4 is 0 Å². The van der Waals surface area contributed by atoms with Crippen molar-refractivity contribution < 1.29 is 19.7 Å². The van der Waals surface area contributed by atoms with E-state index in [1.807, 2.05) is 6.92 Å². The van der Waals surface area contributed by atoms with Crippen LogP contribution in [0.2, 0.25) is 0 Å². The molecule has 0 amide bonds. The lowest BCUT2D eigenvalue weighted by Gasteiger charge is -2.09. The van der Waals surface area contributed by atoms with E-state index in [2.05, 4.69) is 0 Å². The predicted octanol–water partition coefficient (Wildman–Crippen LogP) is 0.130. The van der Waals surface area contributed by atoms with E-state index in [9.17, 15) is 0 Å². The lowest BCUT2D eigenvalue weighted by Crippen LogP contribution is -2.14. The van der Waals surface area contributed by atoms with Crippen molar-refractivity contribution in [2.45, 2.75) is 26.1 Å². The molecule has 0 aromatic carbocycles. The Labute approximate surface area is 73.1 Å². The lowest BCUT2D eigenvalue weighted by molar-refractivity contribution is -0.108. The van der Waals surface area contributed by atoms with Gasteiger partial charge in [0.15, 0.2) is 6.29 Å². The van der Waals surface area contributed by atoms with Crippen LogP contribution < -0.4 is 0 Å². The van der Waals surface area contributed by atoms with Gasteiger partial charge < -0.3 is 19.7 Å². The summed E-state index contributed by atoms with van der Waals surface area (Å²) in [4.78, 5) is 0. The molecular weight excluding hydrogens is 160 g/mol. The van der Waals surface area contributed by atoms with Crippen molar-refractivity contribution in [3.63, 3.8) is 0 Å². The highest BCUT2D eigenvalue weighted by Crippen LogP contribution is 1.94. The molecule has 0 bridgehead atoms. The Bertz CT molecular complexity index is 87.1. The van der Waals surface area contributed by atoms with Crippen LogP contribution in [0.1, 0.15) is 19.8 Å². The second kappa shape index (κ2) is 8.93. The van der Waals surface area contributed by atoms with E-state index < -0.39 is 6.29 Å². The molecule has 0 saturated heterocycles. The van der Waals surface area contributed by atoms with Gasteiger partial charge in [0.25, 0.3) is 0 Å². The molecule has 0 saturated carbocycles. The van der Waals surface area contributed by atoms with Gasteiger partial charge in [-0.2, -0.15) is 0 Å². The molecule has 0 rings (SSSR count). The van der Waals surface area contributed by atoms with Crippen molar-refractivity contribution in [3.8, 4) is 0 Å². The quantitative estimate of drug-likeness (QED) is 0.410. The van der Waals surface area contributed by atoms with Gasteiger partial charge >= 0.3 is 0 Å². The first-order valence-corrected chi connectivity index (χ1v) is 4.29. The van der Waals surface area contributed by atoms with Gasteiger partial charge in [0.05, 0.1) is 6.61 Å². The first kappa shape index (κ1) is 11.8. The van der Waals surface area contributed by atoms with Crippen LogP contribution in [0.4, 0.5) is 0 Å². The average molecular weight is 178 g/mol. The second-order valence-corrected chi connectivity index (χ2v) is 2.39. The molecule has 74 valence electrons. The molecule has 0 fully saturated rings. The number of hydrogen-bond donors (Lipinski definition) is 2. The summed E-state index contributed by atoms with van der Waals surface area (Å²) in [6.45, 7) is 3.50. The van der Waals surface area contributed by atoms with Gasteiger partial charge in [0.1, 0.15) is 0 Å². The molecule has 0 aromatic rings. The molecule has 1 atom stereocenters. The molecule has 0 aromatic heterocycles. The molecule has 0 spiro atoms. The van der Waals surface area contributed by atoms with Gasteiger partial charge in [0.2, 0.25) is 0 Å². The van der Waals surface area contributed by atoms with Crippen molar-refractivity contribution in [1.29, 1.82) is 0 Å². The van der Waals surface area contributed by atoms with Gasteiger partial charge in [0, 0.05) is 26.2 Å². The van der Waals surface area contributed by atoms with E-state index in [0.717, 1.165) is 0 Å². The topological polar surface area (TPSA) is 58.9 Å². The Morgan fingerprint density at radius 3 is 2.67 bits per heavy atom. The molecule has 0 aliphatic heterocycles. The molecular formula is C8H18O4. The van der Waals surface area contributed by atoms with Gasteiger partial charge in [-0.15, -0.1) is 0 Å². The zero-order valence-corrected chi connectivity index (χ0v) is 7.53. The van der Waals surface area contributed by atoms with Crippen LogP contribution in [-0.4, -0.2) is 42.9 Å². The Kier molecular flexibility index (Phi) is 8.81. The largest absolute Gasteiger partial charge is 0.396 e. The molecule has 0 aliphatic rings. The Morgan fingerprint density at radius 1 is 1.33 bits per heavy atom. The normalized spacial score (nSPS) is 13.2. The van der Waals surface area contributed by atoms with Gasteiger partial charge in [-0.05, 0) is 13.3 Å². The van der Waals surface area contributed by atoms with E-state index >= 15 is 0 Å². The molecule has 0 aliphatic carbocycles. The van der Waals surface area contributed by atoms with Crippen LogP contribution in [0.25, 0.3) is 0 Å². The molecule has 0 radical (unpaired) electrons. The van der Waals surface area contributed by atoms with E-state index in [1.54, 1.807) is 0 Å². The van der Waals surface area contributed by atoms with Gasteiger partial charge in [-0.3, -0.25) is 0 Å². The lowest BCUT2D eigenvalue weighted by atomic mass is 10.4. The zero-order valence-electron chi connectivity index (χ0n) is 7.53. The highest BCUT2D eigenvalue weighted by atomic mass is 16.6. The molecule has 4 heteroatoms. The number of rotatable bonds is 8. The van der Waals surface area contributed by atoms with Crippen LogP contribution in [0.3, 0.4) is 0 Å². The smallest absolute Gasteiger partial charge is 0.156 e. The predicted molar refractivity (Wildman–Crippen MR) is 44.8 cm³/mol. The maximum absolute atomic E-state index is 9.05. The standard InChI is InChI=1S/C8H18O4/c1-2-12-8(10)4-7-11-6-3-5-9/h8-10H,2-7H2,1H3. The monoisotopic (exact) mass is 178 g/mol. The van der Waals surface area contributed by atoms with Crippen molar-refractivity contribution in [2.75, 3.05) is 26.4 Å². The van der Waals surface area contributed by atoms with Gasteiger partial charge in [-0.1, -0.05) is 0 Å². The molecule has 4 nitrogen and oxygen atoms in total. The SMILES string of the molecule is CCOC(O)CCOCCCO. The van der Waals surface area contributed by atoms with Crippen molar-refractivity contribution in [3.05, 3.63) is 0 Å². The second-order valence-electron chi connectivity index (χ2n) is 2.39. The van der Waals surface area contributed by atoms with Crippen LogP contribution in [0, 0.1) is 0 Å². The number of aliphatic hydroxyl groups is 2. The Balaban J connectivity index is 2.97. The molecule has 0 heterocycles. The first-order valence-electron chi connectivity index (χ1n) is 4.29. The summed E-state index contributed by atoms with van der Waals surface area (Å²) in [5.41, 5.74) is 0. The van der Waals surface area contributed by atoms with Crippen LogP contribution in [0.5, 0.6) is 0 Å². The summed E-state index contributed by atoms with van der Waals surface area (Å²) < 4.78 is 9.97. The Morgan fingerprint density at radius 2 is 2.08 bits per heavy atom. The summed E-state index contributed by atoms with van der Waals surface area (Å²) in [7, 11) is 0. The zero-order chi connectivity index (χ0) is 9.23. The summed E-state index contributed by atoms with van der Waals surface area (Å²) in [5, 5.41) is 17.5. The third-order valence-electron chi connectivity index (χ3n) is 1.31.